The van der Waals surface area contributed by atoms with Crippen LogP contribution in [-0.4, -0.2) is 25.6 Å². The van der Waals surface area contributed by atoms with Crippen molar-refractivity contribution in [2.75, 3.05) is 6.61 Å². The first-order chi connectivity index (χ1) is 19.1. The van der Waals surface area contributed by atoms with Crippen LogP contribution in [-0.2, 0) is 19.4 Å². The maximum absolute atomic E-state index is 14.2. The summed E-state index contributed by atoms with van der Waals surface area (Å²) < 4.78 is 37.0. The second-order valence-corrected chi connectivity index (χ2v) is 13.6. The number of rotatable bonds is 6. The minimum atomic E-state index is -4.28. The van der Waals surface area contributed by atoms with Gasteiger partial charge < -0.3 is 10.5 Å². The summed E-state index contributed by atoms with van der Waals surface area (Å²) in [6.07, 6.45) is 1.68. The van der Waals surface area contributed by atoms with Gasteiger partial charge in [0.1, 0.15) is 15.4 Å². The normalized spacial score (nSPS) is 15.7. The van der Waals surface area contributed by atoms with Crippen molar-refractivity contribution in [3.05, 3.63) is 123 Å². The molecule has 1 aromatic heterocycles. The van der Waals surface area contributed by atoms with Crippen LogP contribution in [0.4, 0.5) is 0 Å². The molecule has 2 heterocycles. The van der Waals surface area contributed by atoms with Crippen molar-refractivity contribution >= 4 is 76.5 Å². The molecular formula is C29H22Br2N2O5S2. The number of aromatic nitrogens is 1. The van der Waals surface area contributed by atoms with E-state index in [2.05, 4.69) is 31.9 Å². The number of halogens is 2. The van der Waals surface area contributed by atoms with E-state index in [0.29, 0.717) is 10.0 Å². The zero-order valence-electron chi connectivity index (χ0n) is 21.0. The minimum Gasteiger partial charge on any atom is -0.463 e. The molecule has 3 aromatic carbocycles. The lowest BCUT2D eigenvalue weighted by atomic mass is 9.89. The molecule has 4 aromatic rings. The Hall–Kier alpha value is -3.25. The molecule has 7 nitrogen and oxygen atoms in total. The van der Waals surface area contributed by atoms with Crippen molar-refractivity contribution < 1.29 is 17.9 Å². The van der Waals surface area contributed by atoms with Gasteiger partial charge in [0.15, 0.2) is 0 Å². The number of fused-ring (bicyclic) bond motifs is 1. The van der Waals surface area contributed by atoms with Gasteiger partial charge in [0.25, 0.3) is 5.56 Å². The van der Waals surface area contributed by atoms with E-state index >= 15 is 0 Å². The summed E-state index contributed by atoms with van der Waals surface area (Å²) in [7, 11) is -4.28. The maximum atomic E-state index is 14.2. The Morgan fingerprint density at radius 1 is 1.02 bits per heavy atom. The van der Waals surface area contributed by atoms with Crippen LogP contribution in [0.15, 0.2) is 102 Å². The van der Waals surface area contributed by atoms with Crippen molar-refractivity contribution in [3.63, 3.8) is 0 Å². The number of nitrogens with two attached hydrogens (primary N) is 1. The summed E-state index contributed by atoms with van der Waals surface area (Å²) in [6.45, 7) is 1.72. The molecule has 0 spiro atoms. The fraction of sp³-hybridized carbons (Fsp3) is 0.103. The molecule has 40 heavy (non-hydrogen) atoms. The molecule has 0 bridgehead atoms. The third-order valence-electron chi connectivity index (χ3n) is 6.27. The van der Waals surface area contributed by atoms with E-state index < -0.39 is 27.3 Å². The smallest absolute Gasteiger partial charge is 0.338 e. The topological polar surface area (TPSA) is 108 Å². The Bertz CT molecular complexity index is 1960. The van der Waals surface area contributed by atoms with E-state index in [4.69, 9.17) is 10.5 Å². The summed E-state index contributed by atoms with van der Waals surface area (Å²) in [6, 6.07) is 22.2. The van der Waals surface area contributed by atoms with Gasteiger partial charge in [-0.3, -0.25) is 9.36 Å². The van der Waals surface area contributed by atoms with Crippen molar-refractivity contribution in [1.29, 1.82) is 0 Å². The Morgan fingerprint density at radius 3 is 2.35 bits per heavy atom. The van der Waals surface area contributed by atoms with Gasteiger partial charge in [-0.15, -0.1) is 11.3 Å². The molecule has 1 atom stereocenters. The second-order valence-electron chi connectivity index (χ2n) is 8.80. The first kappa shape index (κ1) is 28.3. The van der Waals surface area contributed by atoms with E-state index in [9.17, 15) is 18.0 Å². The fourth-order valence-corrected chi connectivity index (χ4v) is 8.28. The van der Waals surface area contributed by atoms with Gasteiger partial charge in [0, 0.05) is 8.95 Å². The number of ether oxygens (including phenoxy) is 1. The van der Waals surface area contributed by atoms with Gasteiger partial charge in [-0.25, -0.2) is 13.2 Å². The summed E-state index contributed by atoms with van der Waals surface area (Å²) >= 11 is 7.95. The number of esters is 1. The number of carbonyl (C=O) groups excluding carboxylic acids is 1. The summed E-state index contributed by atoms with van der Waals surface area (Å²) in [5.41, 5.74) is 7.35. The van der Waals surface area contributed by atoms with Crippen LogP contribution >= 0.6 is 43.2 Å². The molecule has 11 heteroatoms. The van der Waals surface area contributed by atoms with E-state index in [-0.39, 0.29) is 37.0 Å². The van der Waals surface area contributed by atoms with Crippen molar-refractivity contribution in [2.45, 2.75) is 17.7 Å². The number of allylic oxidation sites excluding steroid dienone is 1. The Morgan fingerprint density at radius 2 is 1.70 bits per heavy atom. The van der Waals surface area contributed by atoms with Crippen molar-refractivity contribution in [3.8, 4) is 0 Å². The average molecular weight is 702 g/mol. The molecule has 2 N–H and O–H groups in total. The molecule has 0 unspecified atom stereocenters. The minimum absolute atomic E-state index is 0.0104. The van der Waals surface area contributed by atoms with E-state index in [0.717, 1.165) is 25.9 Å². The molecular weight excluding hydrogens is 680 g/mol. The first-order valence-corrected chi connectivity index (χ1v) is 16.0. The van der Waals surface area contributed by atoms with E-state index in [1.807, 2.05) is 24.3 Å². The van der Waals surface area contributed by atoms with E-state index in [1.54, 1.807) is 55.5 Å². The molecule has 1 aliphatic rings. The van der Waals surface area contributed by atoms with Gasteiger partial charge in [-0.05, 0) is 60.5 Å². The molecule has 0 saturated carbocycles. The average Bonchev–Trinajstić information content (AvgIpc) is 3.24. The van der Waals surface area contributed by atoms with Gasteiger partial charge in [0.05, 0.1) is 27.5 Å². The predicted molar refractivity (Wildman–Crippen MR) is 163 cm³/mol. The lowest BCUT2D eigenvalue weighted by Crippen LogP contribution is -2.41. The van der Waals surface area contributed by atoms with Crippen LogP contribution in [0.25, 0.3) is 17.5 Å². The molecule has 5 rings (SSSR count). The Labute approximate surface area is 251 Å². The lowest BCUT2D eigenvalue weighted by Gasteiger charge is -2.28. The highest BCUT2D eigenvalue weighted by Crippen LogP contribution is 2.42. The largest absolute Gasteiger partial charge is 0.463 e. The van der Waals surface area contributed by atoms with Crippen LogP contribution in [0.3, 0.4) is 0 Å². The standard InChI is InChI=1S/C29H22Br2N2O5S2/c1-2-38-29(35)24-23(18-9-7-11-20(31)16-18)25(40(36,37)21-12-4-3-5-13-21)26(32)33-27(34)22(39-28(24)33)15-17-8-6-10-19(30)14-17/h3-16,23H,2,32H2,1H3/b22-15+/t23-/m0/s1. The zero-order chi connectivity index (χ0) is 28.6. The van der Waals surface area contributed by atoms with Crippen LogP contribution < -0.4 is 20.5 Å². The number of hydrogen-bond donors (Lipinski definition) is 1. The van der Waals surface area contributed by atoms with Gasteiger partial charge in [-0.2, -0.15) is 0 Å². The van der Waals surface area contributed by atoms with Gasteiger partial charge in [0.2, 0.25) is 9.84 Å². The number of sulfone groups is 1. The highest BCUT2D eigenvalue weighted by molar-refractivity contribution is 9.10. The van der Waals surface area contributed by atoms with Gasteiger partial charge in [-0.1, -0.05) is 74.3 Å². The van der Waals surface area contributed by atoms with Gasteiger partial charge >= 0.3 is 5.97 Å². The summed E-state index contributed by atoms with van der Waals surface area (Å²) in [4.78, 5) is 27.1. The first-order valence-electron chi connectivity index (χ1n) is 12.1. The monoisotopic (exact) mass is 700 g/mol. The molecule has 204 valence electrons. The van der Waals surface area contributed by atoms with E-state index in [1.165, 1.54) is 12.1 Å². The van der Waals surface area contributed by atoms with Crippen LogP contribution in [0.2, 0.25) is 0 Å². The highest BCUT2D eigenvalue weighted by Gasteiger charge is 2.42. The van der Waals surface area contributed by atoms with Crippen LogP contribution in [0.1, 0.15) is 24.0 Å². The predicted octanol–water partition coefficient (Wildman–Crippen LogP) is 4.33. The fourth-order valence-electron chi connectivity index (χ4n) is 4.58. The summed E-state index contributed by atoms with van der Waals surface area (Å²) in [5.74, 6) is -2.12. The maximum Gasteiger partial charge on any atom is 0.338 e. The van der Waals surface area contributed by atoms with Crippen LogP contribution in [0, 0.1) is 0 Å². The number of carbonyl (C=O) groups is 1. The third-order valence-corrected chi connectivity index (χ3v) is 10.3. The van der Waals surface area contributed by atoms with Crippen molar-refractivity contribution in [2.24, 2.45) is 5.73 Å². The molecule has 0 radical (unpaired) electrons. The molecule has 0 saturated heterocycles. The molecule has 0 aliphatic carbocycles. The molecule has 0 fully saturated rings. The number of nitrogens with zero attached hydrogens (tertiary/aromatic N) is 1. The second kappa shape index (κ2) is 11.3. The zero-order valence-corrected chi connectivity index (χ0v) is 25.8. The molecule has 1 aliphatic heterocycles. The number of thiazole rings is 1. The SMILES string of the molecule is CCOC(=O)C1=c2s/c(=C/c3cccc(Br)c3)c(=O)n2C(N)=C(S(=O)(=O)c2ccccc2)[C@H]1c1cccc(Br)c1. The van der Waals surface area contributed by atoms with Crippen LogP contribution in [0.5, 0.6) is 0 Å². The number of benzene rings is 3. The highest BCUT2D eigenvalue weighted by atomic mass is 79.9. The van der Waals surface area contributed by atoms with Crippen molar-refractivity contribution in [1.82, 2.24) is 4.57 Å². The lowest BCUT2D eigenvalue weighted by molar-refractivity contribution is -0.136. The Balaban J connectivity index is 1.94. The summed E-state index contributed by atoms with van der Waals surface area (Å²) in [5, 5.41) is 0. The molecule has 0 amide bonds. The third kappa shape index (κ3) is 5.14. The number of hydrogen-bond acceptors (Lipinski definition) is 7. The Kier molecular flexibility index (Phi) is 8.01. The quantitative estimate of drug-likeness (QED) is 0.300.